The normalized spacial score (nSPS) is 17.5. The molecule has 1 N–H and O–H groups in total. The van der Waals surface area contributed by atoms with Crippen LogP contribution in [0.15, 0.2) is 24.4 Å². The third-order valence-corrected chi connectivity index (χ3v) is 3.76. The van der Waals surface area contributed by atoms with Gasteiger partial charge in [0.05, 0.1) is 11.6 Å². The lowest BCUT2D eigenvalue weighted by molar-refractivity contribution is 0.331. The molecular weight excluding hydrogens is 210 g/mol. The number of hydrogen-bond acceptors (Lipinski definition) is 2. The molecule has 90 valence electrons. The number of benzene rings is 1. The molecule has 1 heterocycles. The van der Waals surface area contributed by atoms with Crippen LogP contribution in [0.5, 0.6) is 0 Å². The Bertz CT molecular complexity index is 509. The molecule has 0 amide bonds. The molecule has 0 bridgehead atoms. The molecule has 1 aromatic carbocycles. The van der Waals surface area contributed by atoms with Crippen LogP contribution in [0, 0.1) is 0 Å². The largest absolute Gasteiger partial charge is 0.388 e. The minimum Gasteiger partial charge on any atom is -0.388 e. The number of anilines is 1. The summed E-state index contributed by atoms with van der Waals surface area (Å²) in [6.45, 7) is 0. The van der Waals surface area contributed by atoms with E-state index in [4.69, 9.17) is 5.10 Å². The van der Waals surface area contributed by atoms with Crippen LogP contribution in [0.25, 0.3) is 10.9 Å². The smallest absolute Gasteiger partial charge is 0.0924 e. The Labute approximate surface area is 102 Å². The average molecular weight is 229 g/mol. The van der Waals surface area contributed by atoms with Crippen molar-refractivity contribution in [2.45, 2.75) is 38.1 Å². The Morgan fingerprint density at radius 2 is 2.06 bits per heavy atom. The first-order valence-electron chi connectivity index (χ1n) is 6.53. The van der Waals surface area contributed by atoms with Crippen molar-refractivity contribution in [1.82, 2.24) is 9.78 Å². The van der Waals surface area contributed by atoms with Gasteiger partial charge >= 0.3 is 0 Å². The van der Waals surface area contributed by atoms with Crippen molar-refractivity contribution in [3.05, 3.63) is 24.4 Å². The lowest BCUT2D eigenvalue weighted by Crippen LogP contribution is -2.12. The second kappa shape index (κ2) is 4.40. The first-order valence-corrected chi connectivity index (χ1v) is 6.53. The molecule has 3 nitrogen and oxygen atoms in total. The Morgan fingerprint density at radius 3 is 2.82 bits per heavy atom. The molecule has 3 rings (SSSR count). The molecule has 1 aliphatic carbocycles. The minimum absolute atomic E-state index is 0.620. The third-order valence-electron chi connectivity index (χ3n) is 3.76. The van der Waals surface area contributed by atoms with Gasteiger partial charge in [0, 0.05) is 24.3 Å². The van der Waals surface area contributed by atoms with Gasteiger partial charge in [-0.3, -0.25) is 4.68 Å². The van der Waals surface area contributed by atoms with Gasteiger partial charge in [-0.25, -0.2) is 0 Å². The van der Waals surface area contributed by atoms with Crippen LogP contribution in [0.1, 0.15) is 38.1 Å². The van der Waals surface area contributed by atoms with Crippen molar-refractivity contribution in [3.8, 4) is 0 Å². The van der Waals surface area contributed by atoms with E-state index in [2.05, 4.69) is 34.4 Å². The number of hydrogen-bond donors (Lipinski definition) is 1. The highest BCUT2D eigenvalue weighted by Gasteiger charge is 2.16. The fourth-order valence-electron chi connectivity index (χ4n) is 2.73. The molecular formula is C14H19N3. The summed E-state index contributed by atoms with van der Waals surface area (Å²) < 4.78 is 2.18. The number of nitrogens with zero attached hydrogens (tertiary/aromatic N) is 2. The van der Waals surface area contributed by atoms with Crippen molar-refractivity contribution in [1.29, 1.82) is 0 Å². The van der Waals surface area contributed by atoms with E-state index in [1.165, 1.54) is 37.5 Å². The summed E-state index contributed by atoms with van der Waals surface area (Å²) in [6, 6.07) is 6.97. The molecule has 0 spiro atoms. The second-order valence-electron chi connectivity index (χ2n) is 4.92. The van der Waals surface area contributed by atoms with Gasteiger partial charge in [-0.05, 0) is 31.0 Å². The Hall–Kier alpha value is -1.51. The predicted octanol–water partition coefficient (Wildman–Crippen LogP) is 3.58. The van der Waals surface area contributed by atoms with Crippen LogP contribution >= 0.6 is 0 Å². The van der Waals surface area contributed by atoms with E-state index in [1.54, 1.807) is 0 Å². The van der Waals surface area contributed by atoms with Crippen LogP contribution in [-0.4, -0.2) is 16.8 Å². The van der Waals surface area contributed by atoms with Crippen LogP contribution in [0.3, 0.4) is 0 Å². The van der Waals surface area contributed by atoms with Gasteiger partial charge in [0.25, 0.3) is 0 Å². The average Bonchev–Trinajstić information content (AvgIpc) is 2.82. The standard InChI is InChI=1S/C14H19N3/c1-15-12-7-8-14-11(9-12)10-17(16-14)13-5-3-2-4-6-13/h7-10,13,15H,2-6H2,1H3. The number of aromatic nitrogens is 2. The number of fused-ring (bicyclic) bond motifs is 1. The molecule has 17 heavy (non-hydrogen) atoms. The topological polar surface area (TPSA) is 29.9 Å². The zero-order valence-corrected chi connectivity index (χ0v) is 10.3. The zero-order chi connectivity index (χ0) is 11.7. The minimum atomic E-state index is 0.620. The van der Waals surface area contributed by atoms with Gasteiger partial charge < -0.3 is 5.32 Å². The molecule has 0 radical (unpaired) electrons. The van der Waals surface area contributed by atoms with E-state index in [9.17, 15) is 0 Å². The molecule has 2 aromatic rings. The maximum Gasteiger partial charge on any atom is 0.0924 e. The maximum absolute atomic E-state index is 4.70. The molecule has 0 saturated heterocycles. The monoisotopic (exact) mass is 229 g/mol. The van der Waals surface area contributed by atoms with Crippen molar-refractivity contribution >= 4 is 16.6 Å². The first-order chi connectivity index (χ1) is 8.36. The van der Waals surface area contributed by atoms with E-state index in [0.717, 1.165) is 11.2 Å². The molecule has 0 aliphatic heterocycles. The maximum atomic E-state index is 4.70. The van der Waals surface area contributed by atoms with E-state index < -0.39 is 0 Å². The molecule has 0 atom stereocenters. The van der Waals surface area contributed by atoms with Crippen LogP contribution in [0.4, 0.5) is 5.69 Å². The van der Waals surface area contributed by atoms with Crippen molar-refractivity contribution in [3.63, 3.8) is 0 Å². The summed E-state index contributed by atoms with van der Waals surface area (Å²) in [7, 11) is 1.95. The lowest BCUT2D eigenvalue weighted by Gasteiger charge is -2.21. The highest BCUT2D eigenvalue weighted by molar-refractivity contribution is 5.81. The fraction of sp³-hybridized carbons (Fsp3) is 0.500. The van der Waals surface area contributed by atoms with Crippen molar-refractivity contribution < 1.29 is 0 Å². The predicted molar refractivity (Wildman–Crippen MR) is 71.4 cm³/mol. The zero-order valence-electron chi connectivity index (χ0n) is 10.3. The summed E-state index contributed by atoms with van der Waals surface area (Å²) >= 11 is 0. The van der Waals surface area contributed by atoms with Crippen molar-refractivity contribution in [2.24, 2.45) is 0 Å². The SMILES string of the molecule is CNc1ccc2nn(C3CCCCC3)cc2c1. The van der Waals surface area contributed by atoms with Crippen molar-refractivity contribution in [2.75, 3.05) is 12.4 Å². The Morgan fingerprint density at radius 1 is 1.24 bits per heavy atom. The van der Waals surface area contributed by atoms with Gasteiger partial charge in [0.1, 0.15) is 0 Å². The summed E-state index contributed by atoms with van der Waals surface area (Å²) in [5.41, 5.74) is 2.26. The molecule has 1 aliphatic rings. The first kappa shape index (κ1) is 10.6. The van der Waals surface area contributed by atoms with Crippen LogP contribution in [0.2, 0.25) is 0 Å². The van der Waals surface area contributed by atoms with E-state index in [-0.39, 0.29) is 0 Å². The summed E-state index contributed by atoms with van der Waals surface area (Å²) in [4.78, 5) is 0. The third kappa shape index (κ3) is 2.02. The van der Waals surface area contributed by atoms with Gasteiger partial charge in [-0.2, -0.15) is 5.10 Å². The molecule has 1 fully saturated rings. The highest BCUT2D eigenvalue weighted by atomic mass is 15.3. The summed E-state index contributed by atoms with van der Waals surface area (Å²) in [6.07, 6.45) is 8.86. The van der Waals surface area contributed by atoms with E-state index >= 15 is 0 Å². The lowest BCUT2D eigenvalue weighted by atomic mass is 9.96. The molecule has 3 heteroatoms. The van der Waals surface area contributed by atoms with Gasteiger partial charge in [0.15, 0.2) is 0 Å². The molecule has 1 saturated carbocycles. The second-order valence-corrected chi connectivity index (χ2v) is 4.92. The van der Waals surface area contributed by atoms with Gasteiger partial charge in [-0.15, -0.1) is 0 Å². The van der Waals surface area contributed by atoms with Gasteiger partial charge in [0.2, 0.25) is 0 Å². The Kier molecular flexibility index (Phi) is 2.75. The van der Waals surface area contributed by atoms with Crippen LogP contribution in [-0.2, 0) is 0 Å². The Balaban J connectivity index is 1.95. The summed E-state index contributed by atoms with van der Waals surface area (Å²) in [5.74, 6) is 0. The van der Waals surface area contributed by atoms with E-state index in [0.29, 0.717) is 6.04 Å². The van der Waals surface area contributed by atoms with Crippen LogP contribution < -0.4 is 5.32 Å². The van der Waals surface area contributed by atoms with Gasteiger partial charge in [-0.1, -0.05) is 19.3 Å². The highest BCUT2D eigenvalue weighted by Crippen LogP contribution is 2.29. The molecule has 0 unspecified atom stereocenters. The fourth-order valence-corrected chi connectivity index (χ4v) is 2.73. The van der Waals surface area contributed by atoms with E-state index in [1.807, 2.05) is 7.05 Å². The number of nitrogens with one attached hydrogen (secondary N) is 1. The quantitative estimate of drug-likeness (QED) is 0.853. The summed E-state index contributed by atoms with van der Waals surface area (Å²) in [5, 5.41) is 9.11. The molecule has 1 aromatic heterocycles. The number of rotatable bonds is 2.